The lowest BCUT2D eigenvalue weighted by atomic mass is 9.94. The second kappa shape index (κ2) is 22.7. The maximum Gasteiger partial charge on any atom is 0.306 e. The summed E-state index contributed by atoms with van der Waals surface area (Å²) in [6.07, 6.45) is -2.42. The van der Waals surface area contributed by atoms with Crippen molar-refractivity contribution in [2.75, 3.05) is 38.7 Å². The van der Waals surface area contributed by atoms with E-state index in [0.29, 0.717) is 0 Å². The fraction of sp³-hybridized carbons (Fsp3) is 0.704. The van der Waals surface area contributed by atoms with Crippen LogP contribution in [0.25, 0.3) is 0 Å². The van der Waals surface area contributed by atoms with Gasteiger partial charge in [-0.15, -0.1) is 0 Å². The molecule has 0 saturated carbocycles. The average molecular weight is 683 g/mol. The molecule has 0 rings (SSSR count). The highest BCUT2D eigenvalue weighted by atomic mass is 32.2. The number of carbonyl (C=O) groups is 8. The summed E-state index contributed by atoms with van der Waals surface area (Å²) in [6.45, 7) is 1.08. The first-order valence-corrected chi connectivity index (χ1v) is 15.9. The molecule has 0 aliphatic carbocycles. The Morgan fingerprint density at radius 3 is 1.89 bits per heavy atom. The van der Waals surface area contributed by atoms with Gasteiger partial charge in [0.05, 0.1) is 31.7 Å². The molecule has 19 heteroatoms. The number of ether oxygens (including phenoxy) is 2. The van der Waals surface area contributed by atoms with Gasteiger partial charge >= 0.3 is 17.9 Å². The van der Waals surface area contributed by atoms with Crippen LogP contribution in [0, 0.1) is 11.8 Å². The molecule has 6 N–H and O–H groups in total. The summed E-state index contributed by atoms with van der Waals surface area (Å²) in [5, 5.41) is 31.8. The van der Waals surface area contributed by atoms with Crippen LogP contribution >= 0.6 is 0 Å². The Bertz CT molecular complexity index is 1190. The lowest BCUT2D eigenvalue weighted by Crippen LogP contribution is -2.46. The Morgan fingerprint density at radius 2 is 1.33 bits per heavy atom. The molecule has 0 aliphatic heterocycles. The second-order valence-electron chi connectivity index (χ2n) is 10.4. The zero-order valence-corrected chi connectivity index (χ0v) is 26.3. The quantitative estimate of drug-likeness (QED) is 0.0436. The molecule has 0 saturated heterocycles. The van der Waals surface area contributed by atoms with Crippen LogP contribution < -0.4 is 10.6 Å². The standard InChI is InChI=1S/C27H42N2O16S/c1-17(30)5-6-18(26(37)38)13-20(31)15-45-12-11-44-10-9-28-23(33)8-7-19(27(39)40)14-22(32)21(16-46(41,42)43)29-24(34)3-2-4-25(35)36/h18-19,21H,2-16H2,1H3,(H,28,33)(H,29,34)(H,35,36)(H,37,38)(H,39,40)(H,41,42,43). The predicted molar refractivity (Wildman–Crippen MR) is 155 cm³/mol. The molecule has 18 nitrogen and oxygen atoms in total. The molecule has 0 spiro atoms. The monoisotopic (exact) mass is 682 g/mol. The van der Waals surface area contributed by atoms with Crippen LogP contribution in [0.5, 0.6) is 0 Å². The van der Waals surface area contributed by atoms with Gasteiger partial charge in [-0.25, -0.2) is 0 Å². The van der Waals surface area contributed by atoms with Gasteiger partial charge < -0.3 is 40.2 Å². The first-order chi connectivity index (χ1) is 21.4. The van der Waals surface area contributed by atoms with Crippen LogP contribution in [0.3, 0.4) is 0 Å². The molecule has 0 heterocycles. The number of amides is 2. The maximum atomic E-state index is 12.6. The van der Waals surface area contributed by atoms with Crippen molar-refractivity contribution in [3.05, 3.63) is 0 Å². The predicted octanol–water partition coefficient (Wildman–Crippen LogP) is -0.767. The van der Waals surface area contributed by atoms with Gasteiger partial charge in [0.15, 0.2) is 11.6 Å². The number of rotatable bonds is 28. The Hall–Kier alpha value is -3.81. The Kier molecular flexibility index (Phi) is 20.8. The minimum absolute atomic E-state index is 0.000551. The lowest BCUT2D eigenvalue weighted by Gasteiger charge is -2.19. The SMILES string of the molecule is CC(=O)CCC(CC(=O)COCCOCCNC(=O)CCC(CC(=O)C(CS(=O)(=O)O)NC(=O)CCCC(=O)O)C(=O)O)C(=O)O. The molecule has 0 aliphatic rings. The van der Waals surface area contributed by atoms with E-state index in [-0.39, 0.29) is 90.1 Å². The highest BCUT2D eigenvalue weighted by Crippen LogP contribution is 2.15. The van der Waals surface area contributed by atoms with E-state index in [4.69, 9.17) is 24.2 Å². The van der Waals surface area contributed by atoms with Crippen LogP contribution in [0.2, 0.25) is 0 Å². The van der Waals surface area contributed by atoms with E-state index in [2.05, 4.69) is 10.6 Å². The van der Waals surface area contributed by atoms with Crippen molar-refractivity contribution in [2.24, 2.45) is 11.8 Å². The number of hydrogen-bond acceptors (Lipinski definition) is 12. The fourth-order valence-electron chi connectivity index (χ4n) is 3.88. The van der Waals surface area contributed by atoms with E-state index in [0.717, 1.165) is 0 Å². The van der Waals surface area contributed by atoms with Crippen molar-refractivity contribution in [3.63, 3.8) is 0 Å². The number of aliphatic carboxylic acids is 3. The third-order valence-electron chi connectivity index (χ3n) is 6.28. The Labute approximate surface area is 265 Å². The molecule has 0 fully saturated rings. The lowest BCUT2D eigenvalue weighted by molar-refractivity contribution is -0.145. The number of carboxylic acid groups (broad SMARTS) is 3. The largest absolute Gasteiger partial charge is 0.481 e. The topological polar surface area (TPSA) is 294 Å². The summed E-state index contributed by atoms with van der Waals surface area (Å²) in [7, 11) is -4.77. The highest BCUT2D eigenvalue weighted by molar-refractivity contribution is 7.85. The zero-order chi connectivity index (χ0) is 35.3. The van der Waals surface area contributed by atoms with Gasteiger partial charge in [-0.3, -0.25) is 38.1 Å². The number of nitrogens with one attached hydrogen (secondary N) is 2. The molecule has 2 amide bonds. The number of carbonyl (C=O) groups excluding carboxylic acids is 5. The molecule has 0 aromatic rings. The summed E-state index contributed by atoms with van der Waals surface area (Å²) in [4.78, 5) is 93.2. The van der Waals surface area contributed by atoms with Gasteiger partial charge in [-0.2, -0.15) is 8.42 Å². The van der Waals surface area contributed by atoms with E-state index in [1.165, 1.54) is 6.92 Å². The highest BCUT2D eigenvalue weighted by Gasteiger charge is 2.30. The first kappa shape index (κ1) is 42.2. The summed E-state index contributed by atoms with van der Waals surface area (Å²) >= 11 is 0. The van der Waals surface area contributed by atoms with Crippen LogP contribution in [0.4, 0.5) is 0 Å². The number of carboxylic acids is 3. The normalized spacial score (nSPS) is 13.2. The van der Waals surface area contributed by atoms with E-state index in [1.807, 2.05) is 0 Å². The smallest absolute Gasteiger partial charge is 0.306 e. The summed E-state index contributed by atoms with van der Waals surface area (Å²) in [5.41, 5.74) is 0. The zero-order valence-electron chi connectivity index (χ0n) is 25.4. The van der Waals surface area contributed by atoms with Crippen molar-refractivity contribution in [1.82, 2.24) is 10.6 Å². The van der Waals surface area contributed by atoms with Crippen LogP contribution in [-0.2, 0) is 57.9 Å². The molecule has 3 atom stereocenters. The number of hydrogen-bond donors (Lipinski definition) is 6. The third kappa shape index (κ3) is 22.7. The van der Waals surface area contributed by atoms with Crippen molar-refractivity contribution in [3.8, 4) is 0 Å². The van der Waals surface area contributed by atoms with Crippen LogP contribution in [0.15, 0.2) is 0 Å². The summed E-state index contributed by atoms with van der Waals surface area (Å²) < 4.78 is 42.2. The molecular weight excluding hydrogens is 640 g/mol. The molecular formula is C27H42N2O16S. The van der Waals surface area contributed by atoms with Crippen LogP contribution in [-0.4, -0.2) is 120 Å². The van der Waals surface area contributed by atoms with E-state index in [1.54, 1.807) is 0 Å². The number of ketones is 3. The van der Waals surface area contributed by atoms with Gasteiger partial charge in [-0.05, 0) is 26.2 Å². The van der Waals surface area contributed by atoms with Gasteiger partial charge in [-0.1, -0.05) is 0 Å². The molecule has 0 aromatic carbocycles. The van der Waals surface area contributed by atoms with Gasteiger partial charge in [0.25, 0.3) is 10.1 Å². The number of Topliss-reactive ketones (excluding diaryl/α,β-unsaturated/α-hetero) is 3. The molecule has 262 valence electrons. The van der Waals surface area contributed by atoms with Crippen molar-refractivity contribution in [2.45, 2.75) is 70.8 Å². The van der Waals surface area contributed by atoms with Crippen molar-refractivity contribution in [1.29, 1.82) is 0 Å². The Balaban J connectivity index is 4.50. The van der Waals surface area contributed by atoms with E-state index >= 15 is 0 Å². The van der Waals surface area contributed by atoms with Crippen molar-refractivity contribution >= 4 is 57.2 Å². The van der Waals surface area contributed by atoms with E-state index in [9.17, 15) is 51.9 Å². The molecule has 0 bridgehead atoms. The summed E-state index contributed by atoms with van der Waals surface area (Å²) in [6, 6.07) is -1.79. The molecule has 46 heavy (non-hydrogen) atoms. The van der Waals surface area contributed by atoms with Gasteiger partial charge in [0.1, 0.15) is 24.2 Å². The summed E-state index contributed by atoms with van der Waals surface area (Å²) in [5.74, 6) is -10.6. The Morgan fingerprint density at radius 1 is 0.739 bits per heavy atom. The van der Waals surface area contributed by atoms with Crippen LogP contribution in [0.1, 0.15) is 64.7 Å². The minimum Gasteiger partial charge on any atom is -0.481 e. The third-order valence-corrected chi connectivity index (χ3v) is 7.04. The molecule has 3 unspecified atom stereocenters. The maximum absolute atomic E-state index is 12.6. The van der Waals surface area contributed by atoms with Crippen molar-refractivity contribution < 1.29 is 76.1 Å². The minimum atomic E-state index is -4.77. The second-order valence-corrected chi connectivity index (χ2v) is 11.9. The average Bonchev–Trinajstić information content (AvgIpc) is 2.92. The van der Waals surface area contributed by atoms with Gasteiger partial charge in [0.2, 0.25) is 11.8 Å². The van der Waals surface area contributed by atoms with Gasteiger partial charge in [0, 0.05) is 45.1 Å². The molecule has 0 aromatic heterocycles. The first-order valence-electron chi connectivity index (χ1n) is 14.3. The fourth-order valence-corrected chi connectivity index (χ4v) is 4.57. The van der Waals surface area contributed by atoms with E-state index < -0.39 is 81.5 Å². The molecule has 0 radical (unpaired) electrons.